The maximum Gasteiger partial charge on any atom is 0.272 e. The summed E-state index contributed by atoms with van der Waals surface area (Å²) in [6.07, 6.45) is 3.43. The van der Waals surface area contributed by atoms with E-state index in [1.54, 1.807) is 37.6 Å². The van der Waals surface area contributed by atoms with Crippen molar-refractivity contribution in [1.82, 2.24) is 20.1 Å². The SMILES string of the molecule is COCCN(Cc1ccncc1)C(=O)c1cc(-c2cccc(OC)c2)n[nH]1. The van der Waals surface area contributed by atoms with E-state index in [0.717, 1.165) is 16.9 Å². The summed E-state index contributed by atoms with van der Waals surface area (Å²) in [4.78, 5) is 18.7. The molecule has 0 unspecified atom stereocenters. The highest BCUT2D eigenvalue weighted by atomic mass is 16.5. The highest BCUT2D eigenvalue weighted by Gasteiger charge is 2.19. The van der Waals surface area contributed by atoms with Crippen LogP contribution in [0.15, 0.2) is 54.9 Å². The lowest BCUT2D eigenvalue weighted by Crippen LogP contribution is -2.33. The largest absolute Gasteiger partial charge is 0.497 e. The van der Waals surface area contributed by atoms with Crippen LogP contribution in [0.2, 0.25) is 0 Å². The summed E-state index contributed by atoms with van der Waals surface area (Å²) in [6.45, 7) is 1.40. The molecule has 0 bridgehead atoms. The number of aromatic amines is 1. The van der Waals surface area contributed by atoms with Crippen molar-refractivity contribution in [3.05, 3.63) is 66.1 Å². The summed E-state index contributed by atoms with van der Waals surface area (Å²) in [6, 6.07) is 13.1. The van der Waals surface area contributed by atoms with Crippen molar-refractivity contribution in [3.8, 4) is 17.0 Å². The number of aromatic nitrogens is 3. The maximum atomic E-state index is 13.0. The molecule has 0 aliphatic carbocycles. The fourth-order valence-electron chi connectivity index (χ4n) is 2.69. The number of carbonyl (C=O) groups excluding carboxylic acids is 1. The summed E-state index contributed by atoms with van der Waals surface area (Å²) in [5.41, 5.74) is 3.00. The van der Waals surface area contributed by atoms with E-state index in [1.807, 2.05) is 36.4 Å². The number of nitrogens with zero attached hydrogens (tertiary/aromatic N) is 3. The third-order valence-corrected chi connectivity index (χ3v) is 4.15. The van der Waals surface area contributed by atoms with Crippen LogP contribution in [0.25, 0.3) is 11.3 Å². The molecular formula is C20H22N4O3. The van der Waals surface area contributed by atoms with E-state index in [0.29, 0.717) is 31.1 Å². The molecule has 0 aliphatic rings. The van der Waals surface area contributed by atoms with Crippen LogP contribution in [0.1, 0.15) is 16.1 Å². The Hall–Kier alpha value is -3.19. The Labute approximate surface area is 158 Å². The molecule has 0 fully saturated rings. The van der Waals surface area contributed by atoms with Gasteiger partial charge >= 0.3 is 0 Å². The normalized spacial score (nSPS) is 10.6. The third kappa shape index (κ3) is 4.71. The van der Waals surface area contributed by atoms with Crippen molar-refractivity contribution < 1.29 is 14.3 Å². The summed E-state index contributed by atoms with van der Waals surface area (Å²) >= 11 is 0. The van der Waals surface area contributed by atoms with Crippen molar-refractivity contribution in [1.29, 1.82) is 0 Å². The molecule has 1 aromatic carbocycles. The van der Waals surface area contributed by atoms with Gasteiger partial charge in [-0.1, -0.05) is 12.1 Å². The molecule has 7 heteroatoms. The molecule has 0 saturated heterocycles. The van der Waals surface area contributed by atoms with E-state index >= 15 is 0 Å². The van der Waals surface area contributed by atoms with Gasteiger partial charge in [0.25, 0.3) is 5.91 Å². The number of pyridine rings is 1. The zero-order valence-electron chi connectivity index (χ0n) is 15.4. The van der Waals surface area contributed by atoms with E-state index in [1.165, 1.54) is 0 Å². The molecular weight excluding hydrogens is 344 g/mol. The van der Waals surface area contributed by atoms with Gasteiger partial charge < -0.3 is 14.4 Å². The first-order valence-corrected chi connectivity index (χ1v) is 8.58. The van der Waals surface area contributed by atoms with Crippen molar-refractivity contribution >= 4 is 5.91 Å². The van der Waals surface area contributed by atoms with Crippen LogP contribution in [0, 0.1) is 0 Å². The minimum absolute atomic E-state index is 0.134. The molecule has 0 radical (unpaired) electrons. The lowest BCUT2D eigenvalue weighted by atomic mass is 10.1. The van der Waals surface area contributed by atoms with Crippen molar-refractivity contribution in [3.63, 3.8) is 0 Å². The molecule has 0 saturated carbocycles. The minimum Gasteiger partial charge on any atom is -0.497 e. The van der Waals surface area contributed by atoms with Crippen LogP contribution >= 0.6 is 0 Å². The van der Waals surface area contributed by atoms with Gasteiger partial charge in [0.05, 0.1) is 19.4 Å². The van der Waals surface area contributed by atoms with Crippen LogP contribution in [0.5, 0.6) is 5.75 Å². The number of ether oxygens (including phenoxy) is 2. The van der Waals surface area contributed by atoms with Gasteiger partial charge in [-0.05, 0) is 35.9 Å². The molecule has 0 spiro atoms. The molecule has 27 heavy (non-hydrogen) atoms. The zero-order valence-corrected chi connectivity index (χ0v) is 15.4. The van der Waals surface area contributed by atoms with Gasteiger partial charge in [-0.15, -0.1) is 0 Å². The first-order valence-electron chi connectivity index (χ1n) is 8.58. The number of hydrogen-bond donors (Lipinski definition) is 1. The second-order valence-electron chi connectivity index (χ2n) is 5.97. The zero-order chi connectivity index (χ0) is 19.1. The topological polar surface area (TPSA) is 80.3 Å². The Balaban J connectivity index is 1.80. The molecule has 7 nitrogen and oxygen atoms in total. The predicted octanol–water partition coefficient (Wildman–Crippen LogP) is 2.77. The van der Waals surface area contributed by atoms with Gasteiger partial charge in [-0.2, -0.15) is 5.10 Å². The van der Waals surface area contributed by atoms with Gasteiger partial charge in [0, 0.05) is 38.2 Å². The third-order valence-electron chi connectivity index (χ3n) is 4.15. The number of benzene rings is 1. The number of rotatable bonds is 8. The van der Waals surface area contributed by atoms with Gasteiger partial charge in [-0.25, -0.2) is 0 Å². The van der Waals surface area contributed by atoms with Crippen LogP contribution in [-0.4, -0.2) is 53.4 Å². The van der Waals surface area contributed by atoms with Crippen molar-refractivity contribution in [2.24, 2.45) is 0 Å². The highest BCUT2D eigenvalue weighted by Crippen LogP contribution is 2.23. The number of H-pyrrole nitrogens is 1. The van der Waals surface area contributed by atoms with E-state index in [2.05, 4.69) is 15.2 Å². The van der Waals surface area contributed by atoms with Crippen LogP contribution in [0.3, 0.4) is 0 Å². The average Bonchev–Trinajstić information content (AvgIpc) is 3.21. The van der Waals surface area contributed by atoms with E-state index in [9.17, 15) is 4.79 Å². The standard InChI is InChI=1S/C20H22N4O3/c1-26-11-10-24(14-15-6-8-21-9-7-15)20(25)19-13-18(22-23-19)16-4-3-5-17(12-16)27-2/h3-9,12-13H,10-11,14H2,1-2H3,(H,22,23). The van der Waals surface area contributed by atoms with Crippen molar-refractivity contribution in [2.75, 3.05) is 27.4 Å². The average molecular weight is 366 g/mol. The lowest BCUT2D eigenvalue weighted by Gasteiger charge is -2.21. The summed E-state index contributed by atoms with van der Waals surface area (Å²) in [5.74, 6) is 0.605. The second kappa shape index (κ2) is 8.95. The van der Waals surface area contributed by atoms with Crippen LogP contribution < -0.4 is 4.74 Å². The monoisotopic (exact) mass is 366 g/mol. The molecule has 2 aromatic heterocycles. The Morgan fingerprint density at radius 3 is 2.70 bits per heavy atom. The minimum atomic E-state index is -0.134. The quantitative estimate of drug-likeness (QED) is 0.663. The van der Waals surface area contributed by atoms with Gasteiger partial charge in [0.2, 0.25) is 0 Å². The molecule has 0 atom stereocenters. The fourth-order valence-corrected chi connectivity index (χ4v) is 2.69. The van der Waals surface area contributed by atoms with Gasteiger partial charge in [0.1, 0.15) is 11.4 Å². The molecule has 140 valence electrons. The Morgan fingerprint density at radius 1 is 1.15 bits per heavy atom. The Morgan fingerprint density at radius 2 is 1.96 bits per heavy atom. The smallest absolute Gasteiger partial charge is 0.272 e. The maximum absolute atomic E-state index is 13.0. The number of methoxy groups -OCH3 is 2. The molecule has 1 N–H and O–H groups in total. The first kappa shape index (κ1) is 18.6. The van der Waals surface area contributed by atoms with Crippen LogP contribution in [0.4, 0.5) is 0 Å². The summed E-state index contributed by atoms with van der Waals surface area (Å²) in [5, 5.41) is 7.13. The fraction of sp³-hybridized carbons (Fsp3) is 0.250. The molecule has 2 heterocycles. The van der Waals surface area contributed by atoms with E-state index in [4.69, 9.17) is 9.47 Å². The Bertz CT molecular complexity index is 880. The van der Waals surface area contributed by atoms with E-state index in [-0.39, 0.29) is 5.91 Å². The number of amides is 1. The number of hydrogen-bond acceptors (Lipinski definition) is 5. The number of nitrogens with one attached hydrogen (secondary N) is 1. The van der Waals surface area contributed by atoms with Crippen LogP contribution in [-0.2, 0) is 11.3 Å². The number of carbonyl (C=O) groups is 1. The first-order chi connectivity index (χ1) is 13.2. The summed E-state index contributed by atoms with van der Waals surface area (Å²) < 4.78 is 10.4. The van der Waals surface area contributed by atoms with Gasteiger partial charge in [-0.3, -0.25) is 14.9 Å². The van der Waals surface area contributed by atoms with Gasteiger partial charge in [0.15, 0.2) is 0 Å². The predicted molar refractivity (Wildman–Crippen MR) is 101 cm³/mol. The molecule has 3 rings (SSSR count). The summed E-state index contributed by atoms with van der Waals surface area (Å²) in [7, 11) is 3.23. The highest BCUT2D eigenvalue weighted by molar-refractivity contribution is 5.93. The van der Waals surface area contributed by atoms with Crippen molar-refractivity contribution in [2.45, 2.75) is 6.54 Å². The second-order valence-corrected chi connectivity index (χ2v) is 5.97. The Kier molecular flexibility index (Phi) is 6.17. The molecule has 1 amide bonds. The lowest BCUT2D eigenvalue weighted by molar-refractivity contribution is 0.0674. The van der Waals surface area contributed by atoms with E-state index < -0.39 is 0 Å². The molecule has 0 aliphatic heterocycles. The molecule has 3 aromatic rings.